The molecule has 0 atom stereocenters. The number of nitrogens with zero attached hydrogens (tertiary/aromatic N) is 1. The fraction of sp³-hybridized carbons (Fsp3) is 0.429. The fourth-order valence-corrected chi connectivity index (χ4v) is 2.38. The maximum Gasteiger partial charge on any atom is 0.254 e. The van der Waals surface area contributed by atoms with Crippen LogP contribution in [0.3, 0.4) is 0 Å². The van der Waals surface area contributed by atoms with Gasteiger partial charge in [-0.2, -0.15) is 0 Å². The van der Waals surface area contributed by atoms with Crippen molar-refractivity contribution in [3.63, 3.8) is 0 Å². The summed E-state index contributed by atoms with van der Waals surface area (Å²) >= 11 is 0. The maximum absolute atomic E-state index is 13.1. The Morgan fingerprint density at radius 3 is 2.14 bits per heavy atom. The number of carbonyl (C=O) groups is 2. The zero-order chi connectivity index (χ0) is 15.6. The summed E-state index contributed by atoms with van der Waals surface area (Å²) in [6.07, 6.45) is 1.13. The molecule has 0 spiro atoms. The molecule has 1 aromatic rings. The molecule has 1 heterocycles. The highest BCUT2D eigenvalue weighted by Gasteiger charge is 2.25. The average molecular weight is 300 g/mol. The minimum atomic E-state index is -1.59. The summed E-state index contributed by atoms with van der Waals surface area (Å²) in [5, 5.41) is 2.76. The van der Waals surface area contributed by atoms with Gasteiger partial charge in [-0.05, 0) is 25.0 Å². The number of likely N-dealkylation sites (tertiary alicyclic amines) is 1. The molecule has 1 fully saturated rings. The molecule has 0 aromatic heterocycles. The van der Waals surface area contributed by atoms with Gasteiger partial charge in [0, 0.05) is 31.6 Å². The SMILES string of the molecule is CC(=O)NC1CCN(C(=O)c2cc(F)c(F)c(F)c2)CC1. The first kappa shape index (κ1) is 15.3. The molecule has 1 saturated heterocycles. The number of amides is 2. The molecular weight excluding hydrogens is 285 g/mol. The Morgan fingerprint density at radius 2 is 1.67 bits per heavy atom. The van der Waals surface area contributed by atoms with Crippen LogP contribution in [0.5, 0.6) is 0 Å². The molecule has 114 valence electrons. The molecule has 0 bridgehead atoms. The summed E-state index contributed by atoms with van der Waals surface area (Å²) < 4.78 is 39.2. The number of halogens is 3. The fourth-order valence-electron chi connectivity index (χ4n) is 2.38. The zero-order valence-corrected chi connectivity index (χ0v) is 11.5. The first-order chi connectivity index (χ1) is 9.88. The molecule has 2 amide bonds. The predicted molar refractivity (Wildman–Crippen MR) is 69.1 cm³/mol. The van der Waals surface area contributed by atoms with Crippen molar-refractivity contribution in [2.75, 3.05) is 13.1 Å². The van der Waals surface area contributed by atoms with Crippen LogP contribution < -0.4 is 5.32 Å². The summed E-state index contributed by atoms with van der Waals surface area (Å²) in [4.78, 5) is 24.5. The van der Waals surface area contributed by atoms with Crippen molar-refractivity contribution in [2.24, 2.45) is 0 Å². The lowest BCUT2D eigenvalue weighted by molar-refractivity contribution is -0.119. The van der Waals surface area contributed by atoms with Gasteiger partial charge >= 0.3 is 0 Å². The molecule has 7 heteroatoms. The third-order valence-electron chi connectivity index (χ3n) is 3.42. The molecule has 1 aliphatic rings. The normalized spacial score (nSPS) is 15.9. The van der Waals surface area contributed by atoms with Gasteiger partial charge in [0.15, 0.2) is 17.5 Å². The van der Waals surface area contributed by atoms with Gasteiger partial charge in [0.05, 0.1) is 0 Å². The number of piperidine rings is 1. The summed E-state index contributed by atoms with van der Waals surface area (Å²) in [6.45, 7) is 2.15. The van der Waals surface area contributed by atoms with E-state index in [1.807, 2.05) is 0 Å². The summed E-state index contributed by atoms with van der Waals surface area (Å²) in [5.74, 6) is -5.04. The van der Waals surface area contributed by atoms with Crippen LogP contribution in [0.1, 0.15) is 30.1 Å². The maximum atomic E-state index is 13.1. The first-order valence-electron chi connectivity index (χ1n) is 6.59. The van der Waals surface area contributed by atoms with Crippen LogP contribution in [0.25, 0.3) is 0 Å². The molecule has 1 aromatic carbocycles. The first-order valence-corrected chi connectivity index (χ1v) is 6.59. The van der Waals surface area contributed by atoms with Gasteiger partial charge in [-0.15, -0.1) is 0 Å². The van der Waals surface area contributed by atoms with Crippen molar-refractivity contribution in [3.05, 3.63) is 35.1 Å². The van der Waals surface area contributed by atoms with Crippen LogP contribution in [-0.4, -0.2) is 35.8 Å². The molecule has 0 saturated carbocycles. The van der Waals surface area contributed by atoms with Crippen molar-refractivity contribution >= 4 is 11.8 Å². The van der Waals surface area contributed by atoms with E-state index in [9.17, 15) is 22.8 Å². The third-order valence-corrected chi connectivity index (χ3v) is 3.42. The Labute approximate surface area is 119 Å². The highest BCUT2D eigenvalue weighted by Crippen LogP contribution is 2.18. The van der Waals surface area contributed by atoms with E-state index in [1.54, 1.807) is 0 Å². The van der Waals surface area contributed by atoms with Crippen molar-refractivity contribution in [2.45, 2.75) is 25.8 Å². The molecule has 1 aliphatic heterocycles. The second-order valence-corrected chi connectivity index (χ2v) is 5.02. The van der Waals surface area contributed by atoms with E-state index >= 15 is 0 Å². The molecule has 1 N–H and O–H groups in total. The molecule has 2 rings (SSSR count). The van der Waals surface area contributed by atoms with Crippen LogP contribution in [0.4, 0.5) is 13.2 Å². The molecule has 21 heavy (non-hydrogen) atoms. The summed E-state index contributed by atoms with van der Waals surface area (Å²) in [7, 11) is 0. The second-order valence-electron chi connectivity index (χ2n) is 5.02. The molecule has 0 aliphatic carbocycles. The average Bonchev–Trinajstić information content (AvgIpc) is 2.43. The molecule has 4 nitrogen and oxygen atoms in total. The summed E-state index contributed by atoms with van der Waals surface area (Å²) in [5.41, 5.74) is -0.218. The lowest BCUT2D eigenvalue weighted by Crippen LogP contribution is -2.46. The molecule has 0 unspecified atom stereocenters. The van der Waals surface area contributed by atoms with Crippen molar-refractivity contribution < 1.29 is 22.8 Å². The number of hydrogen-bond acceptors (Lipinski definition) is 2. The van der Waals surface area contributed by atoms with Gasteiger partial charge in [0.2, 0.25) is 5.91 Å². The van der Waals surface area contributed by atoms with Crippen molar-refractivity contribution in [1.29, 1.82) is 0 Å². The Kier molecular flexibility index (Phi) is 4.50. The zero-order valence-electron chi connectivity index (χ0n) is 11.5. The number of nitrogens with one attached hydrogen (secondary N) is 1. The Balaban J connectivity index is 2.04. The lowest BCUT2D eigenvalue weighted by atomic mass is 10.0. The van der Waals surface area contributed by atoms with Crippen LogP contribution >= 0.6 is 0 Å². The third kappa shape index (κ3) is 3.53. The van der Waals surface area contributed by atoms with Gasteiger partial charge < -0.3 is 10.2 Å². The van der Waals surface area contributed by atoms with E-state index in [-0.39, 0.29) is 17.5 Å². The topological polar surface area (TPSA) is 49.4 Å². The highest BCUT2D eigenvalue weighted by molar-refractivity contribution is 5.94. The van der Waals surface area contributed by atoms with E-state index < -0.39 is 23.4 Å². The predicted octanol–water partition coefficient (Wildman–Crippen LogP) is 1.84. The van der Waals surface area contributed by atoms with Crippen LogP contribution in [-0.2, 0) is 4.79 Å². The van der Waals surface area contributed by atoms with Crippen molar-refractivity contribution in [3.8, 4) is 0 Å². The minimum absolute atomic E-state index is 0.00626. The lowest BCUT2D eigenvalue weighted by Gasteiger charge is -2.32. The monoisotopic (exact) mass is 300 g/mol. The smallest absolute Gasteiger partial charge is 0.254 e. The largest absolute Gasteiger partial charge is 0.353 e. The van der Waals surface area contributed by atoms with Gasteiger partial charge in [-0.1, -0.05) is 0 Å². The van der Waals surface area contributed by atoms with Gasteiger partial charge in [0.1, 0.15) is 0 Å². The number of rotatable bonds is 2. The number of carbonyl (C=O) groups excluding carboxylic acids is 2. The van der Waals surface area contributed by atoms with Crippen LogP contribution in [0, 0.1) is 17.5 Å². The minimum Gasteiger partial charge on any atom is -0.353 e. The van der Waals surface area contributed by atoms with E-state index in [1.165, 1.54) is 11.8 Å². The van der Waals surface area contributed by atoms with Crippen LogP contribution in [0.2, 0.25) is 0 Å². The Morgan fingerprint density at radius 1 is 1.14 bits per heavy atom. The highest BCUT2D eigenvalue weighted by atomic mass is 19.2. The number of benzene rings is 1. The Hall–Kier alpha value is -2.05. The van der Waals surface area contributed by atoms with E-state index in [4.69, 9.17) is 0 Å². The standard InChI is InChI=1S/C14H15F3N2O2/c1-8(20)18-10-2-4-19(5-3-10)14(21)9-6-11(15)13(17)12(16)7-9/h6-7,10H,2-5H2,1H3,(H,18,20). The van der Waals surface area contributed by atoms with E-state index in [0.29, 0.717) is 38.1 Å². The van der Waals surface area contributed by atoms with E-state index in [2.05, 4.69) is 5.32 Å². The summed E-state index contributed by atoms with van der Waals surface area (Å²) in [6, 6.07) is 1.38. The van der Waals surface area contributed by atoms with Gasteiger partial charge in [0.25, 0.3) is 5.91 Å². The quantitative estimate of drug-likeness (QED) is 0.847. The molecule has 0 radical (unpaired) electrons. The van der Waals surface area contributed by atoms with Crippen LogP contribution in [0.15, 0.2) is 12.1 Å². The Bertz CT molecular complexity index is 546. The van der Waals surface area contributed by atoms with Gasteiger partial charge in [-0.3, -0.25) is 9.59 Å². The second kappa shape index (κ2) is 6.15. The number of hydrogen-bond donors (Lipinski definition) is 1. The van der Waals surface area contributed by atoms with E-state index in [0.717, 1.165) is 0 Å². The molecular formula is C14H15F3N2O2. The van der Waals surface area contributed by atoms with Gasteiger partial charge in [-0.25, -0.2) is 13.2 Å². The van der Waals surface area contributed by atoms with Crippen molar-refractivity contribution in [1.82, 2.24) is 10.2 Å².